The van der Waals surface area contributed by atoms with Gasteiger partial charge >= 0.3 is 0 Å². The minimum atomic E-state index is -0.584. The smallest absolute Gasteiger partial charge is 0.239 e. The van der Waals surface area contributed by atoms with E-state index in [0.717, 1.165) is 6.42 Å². The van der Waals surface area contributed by atoms with Crippen molar-refractivity contribution in [2.75, 3.05) is 20.6 Å². The largest absolute Gasteiger partial charge is 0.359 e. The van der Waals surface area contributed by atoms with Gasteiger partial charge < -0.3 is 10.2 Å². The normalized spacial score (nSPS) is 11.4. The van der Waals surface area contributed by atoms with Crippen LogP contribution in [-0.2, 0) is 9.59 Å². The number of rotatable bonds is 6. The molecule has 16 heavy (non-hydrogen) atoms. The Morgan fingerprint density at radius 3 is 2.56 bits per heavy atom. The molecule has 0 rings (SSSR count). The lowest BCUT2D eigenvalue weighted by Crippen LogP contribution is -2.35. The van der Waals surface area contributed by atoms with Crippen molar-refractivity contribution in [2.24, 2.45) is 5.92 Å². The van der Waals surface area contributed by atoms with Crippen LogP contribution in [0.15, 0.2) is 0 Å². The topological polar surface area (TPSA) is 73.2 Å². The first-order valence-electron chi connectivity index (χ1n) is 5.42. The second kappa shape index (κ2) is 7.69. The quantitative estimate of drug-likeness (QED) is 0.716. The number of nitrogens with zero attached hydrogens (tertiary/aromatic N) is 2. The van der Waals surface area contributed by atoms with Gasteiger partial charge in [-0.25, -0.2) is 0 Å². The molecule has 1 atom stereocenters. The molecule has 90 valence electrons. The van der Waals surface area contributed by atoms with Crippen molar-refractivity contribution in [2.45, 2.75) is 26.2 Å². The highest BCUT2D eigenvalue weighted by molar-refractivity contribution is 5.82. The molecule has 5 heteroatoms. The molecule has 0 aliphatic carbocycles. The predicted octanol–water partition coefficient (Wildman–Crippen LogP) is 0.521. The molecule has 0 heterocycles. The number of carbonyl (C=O) groups is 2. The third-order valence-corrected chi connectivity index (χ3v) is 2.36. The summed E-state index contributed by atoms with van der Waals surface area (Å²) in [4.78, 5) is 24.2. The van der Waals surface area contributed by atoms with E-state index < -0.39 is 5.92 Å². The standard InChI is InChI=1S/C11H19N3O2/c1-4-5-9(8-12)11(16)14(3)7-6-10(15)13-2/h9H,4-7H2,1-3H3,(H,13,15). The summed E-state index contributed by atoms with van der Waals surface area (Å²) in [5.41, 5.74) is 0. The zero-order valence-corrected chi connectivity index (χ0v) is 10.1. The summed E-state index contributed by atoms with van der Waals surface area (Å²) >= 11 is 0. The van der Waals surface area contributed by atoms with Crippen LogP contribution in [0.25, 0.3) is 0 Å². The summed E-state index contributed by atoms with van der Waals surface area (Å²) in [7, 11) is 3.17. The van der Waals surface area contributed by atoms with Crippen molar-refractivity contribution in [3.63, 3.8) is 0 Å². The zero-order valence-electron chi connectivity index (χ0n) is 10.1. The van der Waals surface area contributed by atoms with Crippen molar-refractivity contribution < 1.29 is 9.59 Å². The van der Waals surface area contributed by atoms with Crippen LogP contribution in [0.1, 0.15) is 26.2 Å². The van der Waals surface area contributed by atoms with E-state index in [2.05, 4.69) is 5.32 Å². The maximum Gasteiger partial charge on any atom is 0.239 e. The summed E-state index contributed by atoms with van der Waals surface area (Å²) in [6.07, 6.45) is 1.63. The van der Waals surface area contributed by atoms with Crippen LogP contribution in [0.5, 0.6) is 0 Å². The summed E-state index contributed by atoms with van der Waals surface area (Å²) < 4.78 is 0. The molecular formula is C11H19N3O2. The summed E-state index contributed by atoms with van der Waals surface area (Å²) in [5, 5.41) is 11.3. The minimum absolute atomic E-state index is 0.108. The van der Waals surface area contributed by atoms with Gasteiger partial charge in [0.2, 0.25) is 11.8 Å². The maximum absolute atomic E-state index is 11.7. The molecule has 0 saturated carbocycles. The predicted molar refractivity (Wildman–Crippen MR) is 60.3 cm³/mol. The molecule has 0 aromatic rings. The first-order valence-corrected chi connectivity index (χ1v) is 5.42. The molecule has 5 nitrogen and oxygen atoms in total. The molecule has 0 aliphatic rings. The Kier molecular flexibility index (Phi) is 6.93. The van der Waals surface area contributed by atoms with Gasteiger partial charge in [-0.15, -0.1) is 0 Å². The third-order valence-electron chi connectivity index (χ3n) is 2.36. The second-order valence-corrected chi connectivity index (χ2v) is 3.65. The van der Waals surface area contributed by atoms with Gasteiger partial charge in [-0.2, -0.15) is 5.26 Å². The summed E-state index contributed by atoms with van der Waals surface area (Å²) in [5.74, 6) is -0.892. The Hall–Kier alpha value is -1.57. The second-order valence-electron chi connectivity index (χ2n) is 3.65. The minimum Gasteiger partial charge on any atom is -0.359 e. The van der Waals surface area contributed by atoms with Gasteiger partial charge in [0.15, 0.2) is 0 Å². The molecule has 0 aromatic heterocycles. The van der Waals surface area contributed by atoms with Crippen molar-refractivity contribution in [3.8, 4) is 6.07 Å². The number of nitrogens with one attached hydrogen (secondary N) is 1. The fraction of sp³-hybridized carbons (Fsp3) is 0.727. The van der Waals surface area contributed by atoms with Gasteiger partial charge in [0, 0.05) is 27.1 Å². The van der Waals surface area contributed by atoms with Crippen molar-refractivity contribution in [1.29, 1.82) is 5.26 Å². The molecule has 0 aliphatic heterocycles. The Bertz CT molecular complexity index is 283. The monoisotopic (exact) mass is 225 g/mol. The van der Waals surface area contributed by atoms with Crippen LogP contribution in [0.2, 0.25) is 0 Å². The molecule has 2 amide bonds. The number of nitriles is 1. The van der Waals surface area contributed by atoms with Crippen LogP contribution in [0.4, 0.5) is 0 Å². The molecule has 0 spiro atoms. The number of carbonyl (C=O) groups excluding carboxylic acids is 2. The lowest BCUT2D eigenvalue weighted by molar-refractivity contribution is -0.133. The van der Waals surface area contributed by atoms with Crippen molar-refractivity contribution >= 4 is 11.8 Å². The van der Waals surface area contributed by atoms with Crippen LogP contribution in [0, 0.1) is 17.2 Å². The molecule has 0 aromatic carbocycles. The highest BCUT2D eigenvalue weighted by Gasteiger charge is 2.20. The van der Waals surface area contributed by atoms with Gasteiger partial charge in [-0.1, -0.05) is 13.3 Å². The average molecular weight is 225 g/mol. The van der Waals surface area contributed by atoms with E-state index in [1.807, 2.05) is 13.0 Å². The summed E-state index contributed by atoms with van der Waals surface area (Å²) in [6, 6.07) is 1.99. The molecule has 0 bridgehead atoms. The SMILES string of the molecule is CCCC(C#N)C(=O)N(C)CCC(=O)NC. The maximum atomic E-state index is 11.7. The van der Waals surface area contributed by atoms with Crippen LogP contribution in [0.3, 0.4) is 0 Å². The van der Waals surface area contributed by atoms with Crippen LogP contribution in [-0.4, -0.2) is 37.4 Å². The Labute approximate surface area is 96.4 Å². The van der Waals surface area contributed by atoms with E-state index in [1.54, 1.807) is 14.1 Å². The molecule has 0 fully saturated rings. The fourth-order valence-corrected chi connectivity index (χ4v) is 1.30. The fourth-order valence-electron chi connectivity index (χ4n) is 1.30. The van der Waals surface area contributed by atoms with Crippen LogP contribution < -0.4 is 5.32 Å². The number of hydrogen-bond acceptors (Lipinski definition) is 3. The lowest BCUT2D eigenvalue weighted by Gasteiger charge is -2.19. The first-order chi connectivity index (χ1) is 7.56. The molecule has 1 N–H and O–H groups in total. The highest BCUT2D eigenvalue weighted by atomic mass is 16.2. The van der Waals surface area contributed by atoms with Gasteiger partial charge in [0.25, 0.3) is 0 Å². The van der Waals surface area contributed by atoms with Crippen molar-refractivity contribution in [1.82, 2.24) is 10.2 Å². The number of amides is 2. The zero-order chi connectivity index (χ0) is 12.6. The van der Waals surface area contributed by atoms with Crippen molar-refractivity contribution in [3.05, 3.63) is 0 Å². The Morgan fingerprint density at radius 2 is 2.12 bits per heavy atom. The first kappa shape index (κ1) is 14.4. The number of hydrogen-bond donors (Lipinski definition) is 1. The lowest BCUT2D eigenvalue weighted by atomic mass is 10.0. The van der Waals surface area contributed by atoms with Gasteiger partial charge in [0.1, 0.15) is 5.92 Å². The van der Waals surface area contributed by atoms with E-state index in [-0.39, 0.29) is 18.2 Å². The van der Waals surface area contributed by atoms with E-state index in [4.69, 9.17) is 5.26 Å². The Balaban J connectivity index is 4.16. The Morgan fingerprint density at radius 1 is 1.50 bits per heavy atom. The van der Waals surface area contributed by atoms with Crippen LogP contribution >= 0.6 is 0 Å². The molecule has 1 unspecified atom stereocenters. The van der Waals surface area contributed by atoms with E-state index >= 15 is 0 Å². The summed E-state index contributed by atoms with van der Waals surface area (Å²) in [6.45, 7) is 2.28. The average Bonchev–Trinajstić information content (AvgIpc) is 2.31. The molecule has 0 radical (unpaired) electrons. The molecule has 0 saturated heterocycles. The van der Waals surface area contributed by atoms with E-state index in [0.29, 0.717) is 13.0 Å². The van der Waals surface area contributed by atoms with Gasteiger partial charge in [0.05, 0.1) is 6.07 Å². The van der Waals surface area contributed by atoms with E-state index in [1.165, 1.54) is 4.90 Å². The molecular weight excluding hydrogens is 206 g/mol. The third kappa shape index (κ3) is 4.78. The van der Waals surface area contributed by atoms with Gasteiger partial charge in [-0.3, -0.25) is 9.59 Å². The highest BCUT2D eigenvalue weighted by Crippen LogP contribution is 2.08. The van der Waals surface area contributed by atoms with Gasteiger partial charge in [-0.05, 0) is 6.42 Å². The van der Waals surface area contributed by atoms with E-state index in [9.17, 15) is 9.59 Å².